The highest BCUT2D eigenvalue weighted by Crippen LogP contribution is 2.25. The van der Waals surface area contributed by atoms with Gasteiger partial charge in [-0.05, 0) is 33.2 Å². The fraction of sp³-hybridized carbons (Fsp3) is 0.450. The Bertz CT molecular complexity index is 945. The molecule has 0 atom stereocenters. The zero-order valence-electron chi connectivity index (χ0n) is 16.4. The Morgan fingerprint density at radius 1 is 1.18 bits per heavy atom. The van der Waals surface area contributed by atoms with Gasteiger partial charge in [-0.15, -0.1) is 0 Å². The van der Waals surface area contributed by atoms with Gasteiger partial charge in [0.1, 0.15) is 0 Å². The van der Waals surface area contributed by atoms with Crippen molar-refractivity contribution in [1.82, 2.24) is 10.2 Å². The quantitative estimate of drug-likeness (QED) is 0.743. The molecule has 0 bridgehead atoms. The van der Waals surface area contributed by atoms with Crippen LogP contribution in [0.15, 0.2) is 27.4 Å². The van der Waals surface area contributed by atoms with Gasteiger partial charge in [0.25, 0.3) is 5.91 Å². The molecule has 0 radical (unpaired) electrons. The van der Waals surface area contributed by atoms with E-state index in [0.29, 0.717) is 45.3 Å². The second kappa shape index (κ2) is 8.53. The maximum Gasteiger partial charge on any atom is 0.251 e. The van der Waals surface area contributed by atoms with Crippen molar-refractivity contribution in [2.45, 2.75) is 6.92 Å². The van der Waals surface area contributed by atoms with Crippen molar-refractivity contribution in [3.8, 4) is 0 Å². The lowest BCUT2D eigenvalue weighted by Crippen LogP contribution is -2.36. The first-order valence-corrected chi connectivity index (χ1v) is 9.25. The molecule has 1 saturated heterocycles. The van der Waals surface area contributed by atoms with Gasteiger partial charge >= 0.3 is 0 Å². The number of fused-ring (bicyclic) bond motifs is 1. The number of ketones is 1. The second-order valence-electron chi connectivity index (χ2n) is 7.06. The number of nitrogens with one attached hydrogen (secondary N) is 1. The average molecular weight is 387 g/mol. The van der Waals surface area contributed by atoms with Crippen LogP contribution in [0.2, 0.25) is 0 Å². The molecule has 8 heteroatoms. The molecule has 150 valence electrons. The minimum Gasteiger partial charge on any atom is -0.440 e. The number of hydrogen-bond donors (Lipinski definition) is 1. The molecule has 3 rings (SSSR count). The van der Waals surface area contributed by atoms with Gasteiger partial charge in [0.05, 0.1) is 24.2 Å². The molecule has 0 saturated carbocycles. The van der Waals surface area contributed by atoms with Gasteiger partial charge in [-0.1, -0.05) is 0 Å². The van der Waals surface area contributed by atoms with Crippen LogP contribution in [0.4, 0.5) is 5.88 Å². The molecule has 1 N–H and O–H groups in total. The molecule has 2 heterocycles. The summed E-state index contributed by atoms with van der Waals surface area (Å²) in [5, 5.41) is 3.02. The fourth-order valence-corrected chi connectivity index (χ4v) is 3.07. The first kappa shape index (κ1) is 20.0. The summed E-state index contributed by atoms with van der Waals surface area (Å²) >= 11 is 0. The van der Waals surface area contributed by atoms with Crippen molar-refractivity contribution in [3.05, 3.63) is 39.5 Å². The lowest BCUT2D eigenvalue weighted by Gasteiger charge is -2.27. The molecule has 28 heavy (non-hydrogen) atoms. The molecule has 0 aliphatic carbocycles. The van der Waals surface area contributed by atoms with E-state index in [-0.39, 0.29) is 39.2 Å². The van der Waals surface area contributed by atoms with E-state index in [1.165, 1.54) is 25.1 Å². The number of morpholine rings is 1. The Morgan fingerprint density at radius 2 is 1.89 bits per heavy atom. The summed E-state index contributed by atoms with van der Waals surface area (Å²) in [6.07, 6.45) is 0. The van der Waals surface area contributed by atoms with Crippen molar-refractivity contribution in [2.24, 2.45) is 0 Å². The molecule has 1 fully saturated rings. The van der Waals surface area contributed by atoms with Crippen LogP contribution in [0.25, 0.3) is 11.0 Å². The van der Waals surface area contributed by atoms with E-state index in [1.54, 1.807) is 0 Å². The van der Waals surface area contributed by atoms with Crippen molar-refractivity contribution in [1.29, 1.82) is 0 Å². The summed E-state index contributed by atoms with van der Waals surface area (Å²) in [6, 6.07) is 4.38. The van der Waals surface area contributed by atoms with Crippen LogP contribution in [-0.4, -0.2) is 70.1 Å². The Hall–Kier alpha value is -2.71. The van der Waals surface area contributed by atoms with Crippen molar-refractivity contribution in [3.63, 3.8) is 0 Å². The highest BCUT2D eigenvalue weighted by Gasteiger charge is 2.20. The molecule has 1 amide bonds. The zero-order chi connectivity index (χ0) is 20.3. The van der Waals surface area contributed by atoms with E-state index >= 15 is 0 Å². The number of carbonyl (C=O) groups is 2. The molecule has 2 aromatic rings. The largest absolute Gasteiger partial charge is 0.440 e. The lowest BCUT2D eigenvalue weighted by molar-refractivity contribution is 0.0951. The third-order valence-electron chi connectivity index (χ3n) is 4.62. The predicted molar refractivity (Wildman–Crippen MR) is 106 cm³/mol. The van der Waals surface area contributed by atoms with Gasteiger partial charge in [0, 0.05) is 37.8 Å². The van der Waals surface area contributed by atoms with E-state index in [9.17, 15) is 14.4 Å². The number of Topliss-reactive ketones (excluding diaryl/α,β-unsaturated/α-hetero) is 1. The summed E-state index contributed by atoms with van der Waals surface area (Å²) < 4.78 is 11.3. The summed E-state index contributed by atoms with van der Waals surface area (Å²) in [7, 11) is 3.82. The van der Waals surface area contributed by atoms with Crippen LogP contribution < -0.4 is 15.6 Å². The summed E-state index contributed by atoms with van der Waals surface area (Å²) in [5.41, 5.74) is 0.421. The molecule has 1 aromatic carbocycles. The third kappa shape index (κ3) is 4.40. The van der Waals surface area contributed by atoms with Gasteiger partial charge in [-0.2, -0.15) is 0 Å². The molecular formula is C20H25N3O5. The minimum atomic E-state index is -0.331. The fourth-order valence-electron chi connectivity index (χ4n) is 3.07. The monoisotopic (exact) mass is 387 g/mol. The number of ether oxygens (including phenoxy) is 1. The van der Waals surface area contributed by atoms with Crippen LogP contribution in [-0.2, 0) is 4.74 Å². The molecule has 8 nitrogen and oxygen atoms in total. The SMILES string of the molecule is CC(=O)c1cc(C(=O)NCCN(C)C)cc2c(=O)cc(N3CCOCC3)oc12. The van der Waals surface area contributed by atoms with Crippen molar-refractivity contribution >= 4 is 28.5 Å². The number of hydrogen-bond acceptors (Lipinski definition) is 7. The number of carbonyl (C=O) groups excluding carboxylic acids is 2. The van der Waals surface area contributed by atoms with E-state index in [4.69, 9.17) is 9.15 Å². The number of anilines is 1. The number of likely N-dealkylation sites (N-methyl/N-ethyl adjacent to an activating group) is 1. The Morgan fingerprint density at radius 3 is 2.54 bits per heavy atom. The van der Waals surface area contributed by atoms with E-state index in [1.807, 2.05) is 23.9 Å². The Kier molecular flexibility index (Phi) is 6.11. The highest BCUT2D eigenvalue weighted by molar-refractivity contribution is 6.08. The van der Waals surface area contributed by atoms with Crippen molar-refractivity contribution in [2.75, 3.05) is 58.4 Å². The minimum absolute atomic E-state index is 0.214. The van der Waals surface area contributed by atoms with Crippen LogP contribution in [0.1, 0.15) is 27.6 Å². The van der Waals surface area contributed by atoms with Gasteiger partial charge in [0.15, 0.2) is 22.7 Å². The van der Waals surface area contributed by atoms with Crippen LogP contribution in [0, 0.1) is 0 Å². The summed E-state index contributed by atoms with van der Waals surface area (Å²) in [6.45, 7) is 4.85. The molecule has 1 aromatic heterocycles. The van der Waals surface area contributed by atoms with Gasteiger partial charge in [-0.25, -0.2) is 0 Å². The predicted octanol–water partition coefficient (Wildman–Crippen LogP) is 1.12. The smallest absolute Gasteiger partial charge is 0.251 e. The molecule has 1 aliphatic heterocycles. The lowest BCUT2D eigenvalue weighted by atomic mass is 10.0. The van der Waals surface area contributed by atoms with E-state index in [0.717, 1.165) is 0 Å². The highest BCUT2D eigenvalue weighted by atomic mass is 16.5. The maximum absolute atomic E-state index is 12.7. The van der Waals surface area contributed by atoms with Crippen molar-refractivity contribution < 1.29 is 18.7 Å². The first-order chi connectivity index (χ1) is 13.4. The molecular weight excluding hydrogens is 362 g/mol. The summed E-state index contributed by atoms with van der Waals surface area (Å²) in [5.74, 6) is -0.190. The number of nitrogens with zero attached hydrogens (tertiary/aromatic N) is 2. The van der Waals surface area contributed by atoms with Gasteiger partial charge in [-0.3, -0.25) is 14.4 Å². The number of rotatable bonds is 6. The molecule has 0 unspecified atom stereocenters. The molecule has 1 aliphatic rings. The molecule has 0 spiro atoms. The standard InChI is InChI=1S/C20H25N3O5/c1-13(24)15-10-14(20(26)21-4-5-22(2)3)11-16-17(25)12-18(28-19(15)16)23-6-8-27-9-7-23/h10-12H,4-9H2,1-3H3,(H,21,26). The van der Waals surface area contributed by atoms with Gasteiger partial charge in [0.2, 0.25) is 0 Å². The van der Waals surface area contributed by atoms with Crippen LogP contribution >= 0.6 is 0 Å². The second-order valence-corrected chi connectivity index (χ2v) is 7.06. The normalized spacial score (nSPS) is 14.5. The van der Waals surface area contributed by atoms with Gasteiger partial charge < -0.3 is 24.3 Å². The number of benzene rings is 1. The zero-order valence-corrected chi connectivity index (χ0v) is 16.4. The van der Waals surface area contributed by atoms with E-state index in [2.05, 4.69) is 5.32 Å². The first-order valence-electron chi connectivity index (χ1n) is 9.25. The average Bonchev–Trinajstić information content (AvgIpc) is 2.67. The topological polar surface area (TPSA) is 92.1 Å². The third-order valence-corrected chi connectivity index (χ3v) is 4.62. The Labute approximate surface area is 163 Å². The van der Waals surface area contributed by atoms with Crippen LogP contribution in [0.5, 0.6) is 0 Å². The van der Waals surface area contributed by atoms with E-state index < -0.39 is 0 Å². The number of amides is 1. The van der Waals surface area contributed by atoms with Crippen LogP contribution in [0.3, 0.4) is 0 Å². The summed E-state index contributed by atoms with van der Waals surface area (Å²) in [4.78, 5) is 41.3. The maximum atomic E-state index is 12.7. The Balaban J connectivity index is 2.01.